The van der Waals surface area contributed by atoms with E-state index in [9.17, 15) is 8.42 Å². The molecule has 0 bridgehead atoms. The molecule has 0 amide bonds. The average Bonchev–Trinajstić information content (AvgIpc) is 2.45. The molecule has 0 saturated heterocycles. The van der Waals surface area contributed by atoms with Crippen LogP contribution in [0.1, 0.15) is 25.7 Å². The van der Waals surface area contributed by atoms with Gasteiger partial charge in [-0.15, -0.1) is 0 Å². The molecule has 2 rings (SSSR count). The Kier molecular flexibility index (Phi) is 4.67. The van der Waals surface area contributed by atoms with Crippen molar-refractivity contribution in [2.75, 3.05) is 18.5 Å². The van der Waals surface area contributed by atoms with Crippen molar-refractivity contribution < 1.29 is 8.42 Å². The summed E-state index contributed by atoms with van der Waals surface area (Å²) in [6.45, 7) is 0.699. The molecule has 0 heterocycles. The summed E-state index contributed by atoms with van der Waals surface area (Å²) in [7, 11) is -1.58. The van der Waals surface area contributed by atoms with Gasteiger partial charge in [0.1, 0.15) is 0 Å². The van der Waals surface area contributed by atoms with E-state index in [1.807, 2.05) is 19.2 Å². The summed E-state index contributed by atoms with van der Waals surface area (Å²) in [5, 5.41) is 5.11. The first-order valence-corrected chi connectivity index (χ1v) is 8.54. The van der Waals surface area contributed by atoms with E-state index in [4.69, 9.17) is 10.9 Å². The first-order chi connectivity index (χ1) is 9.43. The van der Waals surface area contributed by atoms with Crippen LogP contribution >= 0.6 is 0 Å². The predicted octanol–water partition coefficient (Wildman–Crippen LogP) is 1.29. The number of sulfonamides is 1. The smallest absolute Gasteiger partial charge is 0.238 e. The largest absolute Gasteiger partial charge is 0.371 e. The molecule has 0 aromatic heterocycles. The normalized spacial score (nSPS) is 23.6. The Balaban J connectivity index is 2.18. The molecule has 0 radical (unpaired) electrons. The summed E-state index contributed by atoms with van der Waals surface area (Å²) in [5.74, 6) is 0.506. The van der Waals surface area contributed by atoms with Gasteiger partial charge in [0, 0.05) is 18.8 Å². The Bertz CT molecular complexity index is 542. The molecule has 0 aliphatic heterocycles. The van der Waals surface area contributed by atoms with Crippen LogP contribution < -0.4 is 15.8 Å². The minimum absolute atomic E-state index is 0.147. The van der Waals surface area contributed by atoms with Crippen LogP contribution in [0.25, 0.3) is 0 Å². The molecule has 1 fully saturated rings. The molecule has 20 heavy (non-hydrogen) atoms. The van der Waals surface area contributed by atoms with Crippen molar-refractivity contribution >= 4 is 15.7 Å². The molecule has 1 saturated carbocycles. The third kappa shape index (κ3) is 3.31. The second kappa shape index (κ2) is 6.11. The summed E-state index contributed by atoms with van der Waals surface area (Å²) in [4.78, 5) is 2.36. The molecule has 1 aliphatic rings. The first-order valence-electron chi connectivity index (χ1n) is 6.99. The molecule has 1 aromatic carbocycles. The molecule has 1 aliphatic carbocycles. The van der Waals surface area contributed by atoms with Crippen LogP contribution in [-0.2, 0) is 10.0 Å². The maximum Gasteiger partial charge on any atom is 0.238 e. The third-order valence-corrected chi connectivity index (χ3v) is 5.17. The van der Waals surface area contributed by atoms with Crippen LogP contribution in [-0.4, -0.2) is 28.1 Å². The zero-order chi connectivity index (χ0) is 14.8. The summed E-state index contributed by atoms with van der Waals surface area (Å²) < 4.78 is 22.5. The van der Waals surface area contributed by atoms with Crippen molar-refractivity contribution in [1.82, 2.24) is 0 Å². The lowest BCUT2D eigenvalue weighted by Gasteiger charge is -2.39. The van der Waals surface area contributed by atoms with Gasteiger partial charge in [0.25, 0.3) is 0 Å². The number of hydrogen-bond donors (Lipinski definition) is 2. The van der Waals surface area contributed by atoms with E-state index >= 15 is 0 Å². The second-order valence-corrected chi connectivity index (χ2v) is 7.06. The van der Waals surface area contributed by atoms with Gasteiger partial charge in [0.05, 0.1) is 4.90 Å². The fraction of sp³-hybridized carbons (Fsp3) is 0.571. The van der Waals surface area contributed by atoms with Crippen molar-refractivity contribution in [3.63, 3.8) is 0 Å². The number of primary sulfonamides is 1. The molecule has 0 spiro atoms. The lowest BCUT2D eigenvalue weighted by atomic mass is 9.83. The number of anilines is 1. The van der Waals surface area contributed by atoms with Gasteiger partial charge in [-0.2, -0.15) is 0 Å². The Morgan fingerprint density at radius 2 is 1.80 bits per heavy atom. The van der Waals surface area contributed by atoms with Gasteiger partial charge in [0.2, 0.25) is 10.0 Å². The van der Waals surface area contributed by atoms with Crippen molar-refractivity contribution in [3.8, 4) is 0 Å². The molecule has 2 atom stereocenters. The lowest BCUT2D eigenvalue weighted by molar-refractivity contribution is 0.306. The predicted molar refractivity (Wildman–Crippen MR) is 81.0 cm³/mol. The molecule has 112 valence electrons. The minimum atomic E-state index is -3.62. The van der Waals surface area contributed by atoms with Crippen molar-refractivity contribution in [2.45, 2.75) is 36.6 Å². The molecule has 6 heteroatoms. The average molecular weight is 297 g/mol. The third-order valence-electron chi connectivity index (χ3n) is 4.24. The van der Waals surface area contributed by atoms with Crippen LogP contribution in [0.5, 0.6) is 0 Å². The Morgan fingerprint density at radius 1 is 1.20 bits per heavy atom. The van der Waals surface area contributed by atoms with Gasteiger partial charge in [-0.1, -0.05) is 12.8 Å². The number of nitrogens with two attached hydrogens (primary N) is 2. The van der Waals surface area contributed by atoms with Crippen molar-refractivity contribution in [1.29, 1.82) is 0 Å². The highest BCUT2D eigenvalue weighted by molar-refractivity contribution is 7.89. The van der Waals surface area contributed by atoms with E-state index in [2.05, 4.69) is 4.90 Å². The quantitative estimate of drug-likeness (QED) is 0.876. The summed E-state index contributed by atoms with van der Waals surface area (Å²) >= 11 is 0. The molecule has 1 aromatic rings. The van der Waals surface area contributed by atoms with Gasteiger partial charge in [0.15, 0.2) is 0 Å². The Hall–Kier alpha value is -1.11. The fourth-order valence-electron chi connectivity index (χ4n) is 3.04. The highest BCUT2D eigenvalue weighted by Crippen LogP contribution is 2.30. The van der Waals surface area contributed by atoms with Crippen LogP contribution in [0.4, 0.5) is 5.69 Å². The molecule has 5 nitrogen and oxygen atoms in total. The van der Waals surface area contributed by atoms with E-state index < -0.39 is 10.0 Å². The van der Waals surface area contributed by atoms with Crippen molar-refractivity contribution in [3.05, 3.63) is 24.3 Å². The van der Waals surface area contributed by atoms with Crippen LogP contribution in [0.15, 0.2) is 29.2 Å². The fourth-order valence-corrected chi connectivity index (χ4v) is 3.55. The van der Waals surface area contributed by atoms with Gasteiger partial charge in [-0.25, -0.2) is 13.6 Å². The summed E-state index contributed by atoms with van der Waals surface area (Å²) in [5.41, 5.74) is 6.87. The second-order valence-electron chi connectivity index (χ2n) is 5.50. The molecular weight excluding hydrogens is 274 g/mol. The Labute approximate surface area is 121 Å². The van der Waals surface area contributed by atoms with Crippen LogP contribution in [0, 0.1) is 5.92 Å². The number of rotatable bonds is 4. The maximum absolute atomic E-state index is 11.3. The Morgan fingerprint density at radius 3 is 2.35 bits per heavy atom. The molecule has 2 unspecified atom stereocenters. The number of nitrogens with zero attached hydrogens (tertiary/aromatic N) is 1. The number of hydrogen-bond acceptors (Lipinski definition) is 4. The van der Waals surface area contributed by atoms with Crippen LogP contribution in [0.2, 0.25) is 0 Å². The van der Waals surface area contributed by atoms with E-state index in [0.717, 1.165) is 12.1 Å². The summed E-state index contributed by atoms with van der Waals surface area (Å²) in [6.07, 6.45) is 4.77. The van der Waals surface area contributed by atoms with E-state index in [-0.39, 0.29) is 4.90 Å². The van der Waals surface area contributed by atoms with Gasteiger partial charge >= 0.3 is 0 Å². The summed E-state index contributed by atoms with van der Waals surface area (Å²) in [6, 6.07) is 7.15. The number of benzene rings is 1. The highest BCUT2D eigenvalue weighted by Gasteiger charge is 2.27. The monoisotopic (exact) mass is 297 g/mol. The van der Waals surface area contributed by atoms with Gasteiger partial charge < -0.3 is 10.6 Å². The van der Waals surface area contributed by atoms with Gasteiger partial charge in [-0.05, 0) is 49.6 Å². The first kappa shape index (κ1) is 15.3. The SMILES string of the molecule is CN(c1ccc(S(N)(=O)=O)cc1)C1CCCCC1CN. The topological polar surface area (TPSA) is 89.4 Å². The van der Waals surface area contributed by atoms with E-state index in [1.54, 1.807) is 12.1 Å². The van der Waals surface area contributed by atoms with E-state index in [0.29, 0.717) is 18.5 Å². The zero-order valence-corrected chi connectivity index (χ0v) is 12.6. The minimum Gasteiger partial charge on any atom is -0.371 e. The molecule has 4 N–H and O–H groups in total. The van der Waals surface area contributed by atoms with E-state index in [1.165, 1.54) is 19.3 Å². The zero-order valence-electron chi connectivity index (χ0n) is 11.8. The highest BCUT2D eigenvalue weighted by atomic mass is 32.2. The lowest BCUT2D eigenvalue weighted by Crippen LogP contribution is -2.43. The van der Waals surface area contributed by atoms with Gasteiger partial charge in [-0.3, -0.25) is 0 Å². The maximum atomic E-state index is 11.3. The molecular formula is C14H23N3O2S. The standard InChI is InChI=1S/C14H23N3O2S/c1-17(14-5-3-2-4-11(14)10-15)12-6-8-13(9-7-12)20(16,18)19/h6-9,11,14H,2-5,10,15H2,1H3,(H2,16,18,19). The van der Waals surface area contributed by atoms with Crippen LogP contribution in [0.3, 0.4) is 0 Å². The van der Waals surface area contributed by atoms with Crippen molar-refractivity contribution in [2.24, 2.45) is 16.8 Å².